The number of carbonyl (C=O) groups is 1. The maximum absolute atomic E-state index is 11.8. The lowest BCUT2D eigenvalue weighted by Crippen LogP contribution is -2.36. The number of nitrogens with one attached hydrogen (secondary N) is 2. The number of hydrogen-bond donors (Lipinski definition) is 2. The van der Waals surface area contributed by atoms with Crippen LogP contribution in [-0.4, -0.2) is 19.0 Å². The van der Waals surface area contributed by atoms with Gasteiger partial charge in [-0.15, -0.1) is 11.3 Å². The van der Waals surface area contributed by atoms with Gasteiger partial charge in [0.2, 0.25) is 5.91 Å². The van der Waals surface area contributed by atoms with E-state index in [-0.39, 0.29) is 18.5 Å². The first-order valence-electron chi connectivity index (χ1n) is 6.93. The van der Waals surface area contributed by atoms with Gasteiger partial charge < -0.3 is 10.6 Å². The molecule has 1 heterocycles. The fourth-order valence-corrected chi connectivity index (χ4v) is 3.03. The second-order valence-electron chi connectivity index (χ2n) is 4.80. The molecule has 0 saturated carbocycles. The van der Waals surface area contributed by atoms with Crippen LogP contribution in [0.5, 0.6) is 0 Å². The van der Waals surface area contributed by atoms with E-state index in [9.17, 15) is 4.79 Å². The first-order chi connectivity index (χ1) is 10.2. The Bertz CT molecular complexity index is 571. The summed E-state index contributed by atoms with van der Waals surface area (Å²) in [6, 6.07) is 11.8. The van der Waals surface area contributed by atoms with Gasteiger partial charge in [0.05, 0.1) is 6.54 Å². The fourth-order valence-electron chi connectivity index (χ4n) is 2.02. The molecule has 0 saturated heterocycles. The van der Waals surface area contributed by atoms with Crippen LogP contribution in [0.3, 0.4) is 0 Å². The van der Waals surface area contributed by atoms with E-state index in [1.54, 1.807) is 11.3 Å². The summed E-state index contributed by atoms with van der Waals surface area (Å²) in [7, 11) is 0. The van der Waals surface area contributed by atoms with Gasteiger partial charge in [-0.25, -0.2) is 0 Å². The third kappa shape index (κ3) is 5.16. The monoisotopic (exact) mass is 322 g/mol. The van der Waals surface area contributed by atoms with Crippen molar-refractivity contribution in [2.75, 3.05) is 13.1 Å². The van der Waals surface area contributed by atoms with Gasteiger partial charge in [0, 0.05) is 22.5 Å². The molecule has 2 rings (SSSR count). The first-order valence-corrected chi connectivity index (χ1v) is 8.19. The van der Waals surface area contributed by atoms with Crippen LogP contribution in [0.2, 0.25) is 5.02 Å². The highest BCUT2D eigenvalue weighted by Crippen LogP contribution is 2.21. The first kappa shape index (κ1) is 16.0. The Morgan fingerprint density at radius 2 is 2.10 bits per heavy atom. The zero-order valence-electron chi connectivity index (χ0n) is 11.9. The summed E-state index contributed by atoms with van der Waals surface area (Å²) in [6.07, 6.45) is 0.878. The van der Waals surface area contributed by atoms with Crippen molar-refractivity contribution in [3.63, 3.8) is 0 Å². The minimum absolute atomic E-state index is 0.00506. The summed E-state index contributed by atoms with van der Waals surface area (Å²) >= 11 is 7.85. The molecule has 0 bridgehead atoms. The lowest BCUT2D eigenvalue weighted by Gasteiger charge is -2.15. The zero-order valence-corrected chi connectivity index (χ0v) is 13.5. The van der Waals surface area contributed by atoms with Crippen LogP contribution in [0.15, 0.2) is 41.8 Å². The van der Waals surface area contributed by atoms with Gasteiger partial charge in [-0.1, -0.05) is 35.9 Å². The molecule has 1 aromatic heterocycles. The van der Waals surface area contributed by atoms with E-state index in [1.165, 1.54) is 4.88 Å². The van der Waals surface area contributed by atoms with Gasteiger partial charge in [-0.2, -0.15) is 0 Å². The Morgan fingerprint density at radius 3 is 2.81 bits per heavy atom. The number of amides is 1. The second kappa shape index (κ2) is 8.17. The molecular formula is C16H19ClN2OS. The molecular weight excluding hydrogens is 304 g/mol. The van der Waals surface area contributed by atoms with Crippen LogP contribution in [0.1, 0.15) is 23.4 Å². The van der Waals surface area contributed by atoms with Gasteiger partial charge >= 0.3 is 0 Å². The standard InChI is InChI=1S/C16H19ClN2OS/c1-12(14-6-2-3-7-15(14)17)19-11-16(20)18-9-8-13-5-4-10-21-13/h2-7,10,12,19H,8-9,11H2,1H3,(H,18,20)/t12-/m0/s1. The predicted octanol–water partition coefficient (Wildman–Crippen LogP) is 3.41. The lowest BCUT2D eigenvalue weighted by molar-refractivity contribution is -0.120. The van der Waals surface area contributed by atoms with E-state index in [0.29, 0.717) is 6.54 Å². The quantitative estimate of drug-likeness (QED) is 0.820. The Hall–Kier alpha value is -1.36. The molecule has 0 aliphatic heterocycles. The molecule has 2 N–H and O–H groups in total. The van der Waals surface area contributed by atoms with E-state index in [2.05, 4.69) is 16.7 Å². The molecule has 112 valence electrons. The van der Waals surface area contributed by atoms with Crippen LogP contribution in [-0.2, 0) is 11.2 Å². The van der Waals surface area contributed by atoms with Crippen LogP contribution in [0.25, 0.3) is 0 Å². The molecule has 0 aliphatic carbocycles. The van der Waals surface area contributed by atoms with E-state index in [0.717, 1.165) is 17.0 Å². The number of hydrogen-bond acceptors (Lipinski definition) is 3. The summed E-state index contributed by atoms with van der Waals surface area (Å²) in [4.78, 5) is 13.1. The van der Waals surface area contributed by atoms with Gasteiger partial charge in [0.15, 0.2) is 0 Å². The van der Waals surface area contributed by atoms with Crippen molar-refractivity contribution in [3.8, 4) is 0 Å². The van der Waals surface area contributed by atoms with Crippen molar-refractivity contribution in [2.45, 2.75) is 19.4 Å². The second-order valence-corrected chi connectivity index (χ2v) is 6.24. The van der Waals surface area contributed by atoms with Crippen molar-refractivity contribution in [3.05, 3.63) is 57.2 Å². The third-order valence-corrected chi connectivity index (χ3v) is 4.49. The number of benzene rings is 1. The van der Waals surface area contributed by atoms with E-state index in [4.69, 9.17) is 11.6 Å². The molecule has 5 heteroatoms. The summed E-state index contributed by atoms with van der Waals surface area (Å²) < 4.78 is 0. The molecule has 0 unspecified atom stereocenters. The summed E-state index contributed by atoms with van der Waals surface area (Å²) in [5.41, 5.74) is 1.01. The highest BCUT2D eigenvalue weighted by Gasteiger charge is 2.10. The summed E-state index contributed by atoms with van der Waals surface area (Å²) in [5, 5.41) is 8.87. The maximum Gasteiger partial charge on any atom is 0.233 e. The number of rotatable bonds is 7. The van der Waals surface area contributed by atoms with Crippen molar-refractivity contribution in [1.29, 1.82) is 0 Å². The SMILES string of the molecule is C[C@H](NCC(=O)NCCc1cccs1)c1ccccc1Cl. The Labute approximate surface area is 134 Å². The molecule has 0 fully saturated rings. The van der Waals surface area contributed by atoms with Crippen molar-refractivity contribution in [1.82, 2.24) is 10.6 Å². The zero-order chi connectivity index (χ0) is 15.1. The Morgan fingerprint density at radius 1 is 1.29 bits per heavy atom. The minimum atomic E-state index is 0.00506. The molecule has 1 aromatic carbocycles. The van der Waals surface area contributed by atoms with E-state index >= 15 is 0 Å². The van der Waals surface area contributed by atoms with Crippen molar-refractivity contribution >= 4 is 28.8 Å². The molecule has 3 nitrogen and oxygen atoms in total. The normalized spacial score (nSPS) is 12.1. The molecule has 0 aliphatic rings. The van der Waals surface area contributed by atoms with Gasteiger partial charge in [-0.3, -0.25) is 4.79 Å². The summed E-state index contributed by atoms with van der Waals surface area (Å²) in [5.74, 6) is 0.00506. The number of carbonyl (C=O) groups excluding carboxylic acids is 1. The molecule has 0 spiro atoms. The topological polar surface area (TPSA) is 41.1 Å². The van der Waals surface area contributed by atoms with E-state index < -0.39 is 0 Å². The third-order valence-electron chi connectivity index (χ3n) is 3.21. The maximum atomic E-state index is 11.8. The fraction of sp³-hybridized carbons (Fsp3) is 0.312. The molecule has 1 amide bonds. The van der Waals surface area contributed by atoms with Crippen molar-refractivity contribution in [2.24, 2.45) is 0 Å². The Balaban J connectivity index is 1.70. The number of halogens is 1. The van der Waals surface area contributed by atoms with Crippen molar-refractivity contribution < 1.29 is 4.79 Å². The highest BCUT2D eigenvalue weighted by molar-refractivity contribution is 7.09. The molecule has 2 aromatic rings. The van der Waals surface area contributed by atoms with E-state index in [1.807, 2.05) is 42.6 Å². The van der Waals surface area contributed by atoms with Crippen LogP contribution in [0, 0.1) is 0 Å². The largest absolute Gasteiger partial charge is 0.355 e. The van der Waals surface area contributed by atoms with Crippen LogP contribution >= 0.6 is 22.9 Å². The summed E-state index contributed by atoms with van der Waals surface area (Å²) in [6.45, 7) is 2.96. The van der Waals surface area contributed by atoms with Gasteiger partial charge in [0.1, 0.15) is 0 Å². The van der Waals surface area contributed by atoms with Crippen LogP contribution < -0.4 is 10.6 Å². The number of thiophene rings is 1. The molecule has 21 heavy (non-hydrogen) atoms. The highest BCUT2D eigenvalue weighted by atomic mass is 35.5. The lowest BCUT2D eigenvalue weighted by atomic mass is 10.1. The average Bonchev–Trinajstić information content (AvgIpc) is 2.98. The minimum Gasteiger partial charge on any atom is -0.355 e. The van der Waals surface area contributed by atoms with Gasteiger partial charge in [0.25, 0.3) is 0 Å². The van der Waals surface area contributed by atoms with Crippen LogP contribution in [0.4, 0.5) is 0 Å². The Kier molecular flexibility index (Phi) is 6.23. The average molecular weight is 323 g/mol. The smallest absolute Gasteiger partial charge is 0.233 e. The molecule has 1 atom stereocenters. The van der Waals surface area contributed by atoms with Gasteiger partial charge in [-0.05, 0) is 36.4 Å². The molecule has 0 radical (unpaired) electrons. The predicted molar refractivity (Wildman–Crippen MR) is 88.9 cm³/mol.